The number of hydrogen-bond acceptors (Lipinski definition) is 2. The lowest BCUT2D eigenvalue weighted by Crippen LogP contribution is -2.32. The number of benzene rings is 1. The van der Waals surface area contributed by atoms with E-state index in [1.165, 1.54) is 0 Å². The molecule has 16 heavy (non-hydrogen) atoms. The number of nitrogens with one attached hydrogen (secondary N) is 1. The van der Waals surface area contributed by atoms with Crippen LogP contribution in [0.4, 0.5) is 0 Å². The van der Waals surface area contributed by atoms with Gasteiger partial charge in [-0.25, -0.2) is 0 Å². The Morgan fingerprint density at radius 2 is 2.00 bits per heavy atom. The van der Waals surface area contributed by atoms with Gasteiger partial charge in [-0.15, -0.1) is 0 Å². The molecule has 1 fully saturated rings. The van der Waals surface area contributed by atoms with E-state index in [0.717, 1.165) is 0 Å². The number of amides is 2. The second kappa shape index (κ2) is 3.75. The summed E-state index contributed by atoms with van der Waals surface area (Å²) >= 11 is 11.8. The first kappa shape index (κ1) is 11.4. The van der Waals surface area contributed by atoms with E-state index in [-0.39, 0.29) is 18.2 Å². The third-order valence-corrected chi connectivity index (χ3v) is 3.34. The van der Waals surface area contributed by atoms with Crippen molar-refractivity contribution in [2.45, 2.75) is 18.8 Å². The van der Waals surface area contributed by atoms with E-state index in [2.05, 4.69) is 5.32 Å². The van der Waals surface area contributed by atoms with Crippen LogP contribution in [0.5, 0.6) is 0 Å². The fourth-order valence-corrected chi connectivity index (χ4v) is 2.48. The van der Waals surface area contributed by atoms with Crippen molar-refractivity contribution in [1.29, 1.82) is 0 Å². The number of rotatable bonds is 1. The van der Waals surface area contributed by atoms with E-state index < -0.39 is 5.41 Å². The smallest absolute Gasteiger partial charge is 0.237 e. The predicted molar refractivity (Wildman–Crippen MR) is 61.6 cm³/mol. The number of carbonyl (C=O) groups is 2. The van der Waals surface area contributed by atoms with Crippen LogP contribution in [0, 0.1) is 0 Å². The number of imide groups is 1. The van der Waals surface area contributed by atoms with Crippen LogP contribution < -0.4 is 5.32 Å². The summed E-state index contributed by atoms with van der Waals surface area (Å²) in [6.45, 7) is 1.70. The van der Waals surface area contributed by atoms with Gasteiger partial charge in [-0.05, 0) is 24.6 Å². The van der Waals surface area contributed by atoms with Gasteiger partial charge in [0.05, 0.1) is 5.41 Å². The molecule has 0 saturated carbocycles. The van der Waals surface area contributed by atoms with Gasteiger partial charge in [-0.3, -0.25) is 14.9 Å². The first-order valence-electron chi connectivity index (χ1n) is 4.73. The summed E-state index contributed by atoms with van der Waals surface area (Å²) in [6, 6.07) is 4.91. The quantitative estimate of drug-likeness (QED) is 0.785. The van der Waals surface area contributed by atoms with Crippen LogP contribution >= 0.6 is 23.2 Å². The van der Waals surface area contributed by atoms with Gasteiger partial charge in [-0.1, -0.05) is 29.3 Å². The molecule has 0 aromatic heterocycles. The van der Waals surface area contributed by atoms with Crippen molar-refractivity contribution in [3.8, 4) is 0 Å². The molecule has 1 N–H and O–H groups in total. The molecule has 2 rings (SSSR count). The Balaban J connectivity index is 2.51. The van der Waals surface area contributed by atoms with Crippen LogP contribution in [0.25, 0.3) is 0 Å². The Morgan fingerprint density at radius 3 is 2.50 bits per heavy atom. The normalized spacial score (nSPS) is 24.7. The van der Waals surface area contributed by atoms with Crippen LogP contribution in [0.3, 0.4) is 0 Å². The number of carbonyl (C=O) groups excluding carboxylic acids is 2. The minimum Gasteiger partial charge on any atom is -0.296 e. The SMILES string of the molecule is CC1(c2ccc(Cl)cc2Cl)CC(=O)NC1=O. The summed E-state index contributed by atoms with van der Waals surface area (Å²) < 4.78 is 0. The van der Waals surface area contributed by atoms with E-state index in [4.69, 9.17) is 23.2 Å². The second-order valence-electron chi connectivity index (χ2n) is 4.01. The summed E-state index contributed by atoms with van der Waals surface area (Å²) in [5, 5.41) is 3.18. The van der Waals surface area contributed by atoms with Gasteiger partial charge >= 0.3 is 0 Å². The minimum absolute atomic E-state index is 0.118. The molecule has 1 aliphatic heterocycles. The number of halogens is 2. The highest BCUT2D eigenvalue weighted by Gasteiger charge is 2.45. The maximum absolute atomic E-state index is 11.7. The topological polar surface area (TPSA) is 46.2 Å². The summed E-state index contributed by atoms with van der Waals surface area (Å²) in [5.41, 5.74) is -0.263. The maximum Gasteiger partial charge on any atom is 0.237 e. The largest absolute Gasteiger partial charge is 0.296 e. The molecule has 3 nitrogen and oxygen atoms in total. The van der Waals surface area contributed by atoms with Crippen LogP contribution in [0.2, 0.25) is 10.0 Å². The Morgan fingerprint density at radius 1 is 1.31 bits per heavy atom. The van der Waals surface area contributed by atoms with Crippen molar-refractivity contribution in [3.05, 3.63) is 33.8 Å². The van der Waals surface area contributed by atoms with Crippen LogP contribution in [-0.4, -0.2) is 11.8 Å². The zero-order valence-corrected chi connectivity index (χ0v) is 10.0. The lowest BCUT2D eigenvalue weighted by atomic mass is 9.81. The third-order valence-electron chi connectivity index (χ3n) is 2.79. The molecule has 2 amide bonds. The third kappa shape index (κ3) is 1.70. The van der Waals surface area contributed by atoms with Crippen molar-refractivity contribution >= 4 is 35.0 Å². The molecular weight excluding hydrogens is 249 g/mol. The number of hydrogen-bond donors (Lipinski definition) is 1. The van der Waals surface area contributed by atoms with Gasteiger partial charge in [0, 0.05) is 16.5 Å². The second-order valence-corrected chi connectivity index (χ2v) is 4.85. The van der Waals surface area contributed by atoms with Gasteiger partial charge < -0.3 is 0 Å². The molecule has 1 aliphatic rings. The van der Waals surface area contributed by atoms with E-state index in [1.807, 2.05) is 0 Å². The fraction of sp³-hybridized carbons (Fsp3) is 0.273. The van der Waals surface area contributed by atoms with Crippen molar-refractivity contribution in [2.75, 3.05) is 0 Å². The van der Waals surface area contributed by atoms with Crippen molar-refractivity contribution in [3.63, 3.8) is 0 Å². The molecule has 1 atom stereocenters. The average molecular weight is 258 g/mol. The molecule has 0 spiro atoms. The average Bonchev–Trinajstić information content (AvgIpc) is 2.40. The van der Waals surface area contributed by atoms with Crippen molar-refractivity contribution in [1.82, 2.24) is 5.32 Å². The zero-order chi connectivity index (χ0) is 11.9. The summed E-state index contributed by atoms with van der Waals surface area (Å²) in [7, 11) is 0. The lowest BCUT2D eigenvalue weighted by Gasteiger charge is -2.21. The molecule has 0 radical (unpaired) electrons. The van der Waals surface area contributed by atoms with Gasteiger partial charge in [-0.2, -0.15) is 0 Å². The highest BCUT2D eigenvalue weighted by atomic mass is 35.5. The van der Waals surface area contributed by atoms with E-state index in [9.17, 15) is 9.59 Å². The van der Waals surface area contributed by atoms with Gasteiger partial charge in [0.25, 0.3) is 0 Å². The van der Waals surface area contributed by atoms with Gasteiger partial charge in [0.1, 0.15) is 0 Å². The van der Waals surface area contributed by atoms with Crippen LogP contribution in [-0.2, 0) is 15.0 Å². The summed E-state index contributed by atoms with van der Waals surface area (Å²) in [6.07, 6.45) is 0.118. The molecule has 84 valence electrons. The Bertz CT molecular complexity index is 487. The van der Waals surface area contributed by atoms with Crippen LogP contribution in [0.1, 0.15) is 18.9 Å². The van der Waals surface area contributed by atoms with Crippen molar-refractivity contribution in [2.24, 2.45) is 0 Å². The summed E-state index contributed by atoms with van der Waals surface area (Å²) in [4.78, 5) is 22.9. The highest BCUT2D eigenvalue weighted by Crippen LogP contribution is 2.37. The Hall–Kier alpha value is -1.06. The molecule has 0 aliphatic carbocycles. The molecule has 1 saturated heterocycles. The monoisotopic (exact) mass is 257 g/mol. The Kier molecular flexibility index (Phi) is 2.68. The van der Waals surface area contributed by atoms with E-state index in [0.29, 0.717) is 15.6 Å². The minimum atomic E-state index is -0.890. The lowest BCUT2D eigenvalue weighted by molar-refractivity contribution is -0.126. The standard InChI is InChI=1S/C11H9Cl2NO2/c1-11(5-9(15)14-10(11)16)7-3-2-6(12)4-8(7)13/h2-4H,5H2,1H3,(H,14,15,16). The first-order valence-corrected chi connectivity index (χ1v) is 5.49. The van der Waals surface area contributed by atoms with E-state index in [1.54, 1.807) is 25.1 Å². The van der Waals surface area contributed by atoms with Gasteiger partial charge in [0.15, 0.2) is 0 Å². The molecule has 1 unspecified atom stereocenters. The highest BCUT2D eigenvalue weighted by molar-refractivity contribution is 6.35. The molecule has 5 heteroatoms. The maximum atomic E-state index is 11.7. The molecular formula is C11H9Cl2NO2. The first-order chi connectivity index (χ1) is 7.43. The van der Waals surface area contributed by atoms with Crippen molar-refractivity contribution < 1.29 is 9.59 Å². The predicted octanol–water partition coefficient (Wildman–Crippen LogP) is 2.30. The summed E-state index contributed by atoms with van der Waals surface area (Å²) in [5.74, 6) is -0.597. The molecule has 1 aromatic carbocycles. The molecule has 1 heterocycles. The Labute approximate surface area is 103 Å². The fourth-order valence-electron chi connectivity index (χ4n) is 1.86. The molecule has 1 aromatic rings. The van der Waals surface area contributed by atoms with Crippen LogP contribution in [0.15, 0.2) is 18.2 Å². The van der Waals surface area contributed by atoms with Gasteiger partial charge in [0.2, 0.25) is 11.8 Å². The molecule has 0 bridgehead atoms. The van der Waals surface area contributed by atoms with E-state index >= 15 is 0 Å². The zero-order valence-electron chi connectivity index (χ0n) is 8.51.